The Morgan fingerprint density at radius 3 is 2.61 bits per heavy atom. The van der Waals surface area contributed by atoms with E-state index in [4.69, 9.17) is 5.73 Å². The second-order valence-corrected chi connectivity index (χ2v) is 8.04. The van der Waals surface area contributed by atoms with Gasteiger partial charge in [0, 0.05) is 12.1 Å². The Labute approximate surface area is 183 Å². The molecule has 2 aromatic carbocycles. The standard InChI is InChI=1S/C22H21N5O3S/c23-18(28)13-31-22-26-16-9-5-4-8-15(16)20-25-17(21(30)27(20)22)12-19(29)24-11-10-14-6-2-1-3-7-14/h1-9,17H,10-13H2,(H2,23,28)(H,24,29)/t17-/m1/s1. The van der Waals surface area contributed by atoms with E-state index in [9.17, 15) is 14.4 Å². The Hall–Kier alpha value is -3.46. The van der Waals surface area contributed by atoms with Crippen molar-refractivity contribution in [3.8, 4) is 0 Å². The lowest BCUT2D eigenvalue weighted by atomic mass is 10.1. The molecule has 3 amide bonds. The first kappa shape index (κ1) is 20.8. The van der Waals surface area contributed by atoms with Gasteiger partial charge in [0.25, 0.3) is 5.91 Å². The van der Waals surface area contributed by atoms with E-state index in [1.165, 1.54) is 4.90 Å². The Morgan fingerprint density at radius 2 is 1.84 bits per heavy atom. The normalized spacial score (nSPS) is 16.8. The highest BCUT2D eigenvalue weighted by molar-refractivity contribution is 8.14. The van der Waals surface area contributed by atoms with Crippen molar-refractivity contribution in [2.24, 2.45) is 15.7 Å². The van der Waals surface area contributed by atoms with E-state index >= 15 is 0 Å². The van der Waals surface area contributed by atoms with Crippen molar-refractivity contribution in [2.45, 2.75) is 18.9 Å². The van der Waals surface area contributed by atoms with Crippen molar-refractivity contribution in [1.29, 1.82) is 0 Å². The maximum Gasteiger partial charge on any atom is 0.259 e. The highest BCUT2D eigenvalue weighted by atomic mass is 32.2. The molecule has 0 unspecified atom stereocenters. The number of amidine groups is 2. The first-order valence-electron chi connectivity index (χ1n) is 9.84. The number of thioether (sulfide) groups is 1. The van der Waals surface area contributed by atoms with E-state index in [1.54, 1.807) is 0 Å². The van der Waals surface area contributed by atoms with E-state index in [0.717, 1.165) is 17.3 Å². The number of aliphatic imine (C=N–C) groups is 2. The zero-order valence-electron chi connectivity index (χ0n) is 16.7. The smallest absolute Gasteiger partial charge is 0.259 e. The van der Waals surface area contributed by atoms with Crippen molar-refractivity contribution >= 4 is 46.2 Å². The molecule has 0 saturated heterocycles. The molecule has 0 spiro atoms. The molecule has 158 valence electrons. The molecule has 0 aliphatic carbocycles. The van der Waals surface area contributed by atoms with Crippen LogP contribution in [-0.4, -0.2) is 52.0 Å². The summed E-state index contributed by atoms with van der Waals surface area (Å²) in [7, 11) is 0. The van der Waals surface area contributed by atoms with E-state index in [-0.39, 0.29) is 24.0 Å². The minimum absolute atomic E-state index is 0.0112. The van der Waals surface area contributed by atoms with Gasteiger partial charge in [0.15, 0.2) is 5.17 Å². The van der Waals surface area contributed by atoms with Gasteiger partial charge < -0.3 is 11.1 Å². The van der Waals surface area contributed by atoms with Gasteiger partial charge in [-0.3, -0.25) is 19.4 Å². The highest BCUT2D eigenvalue weighted by Gasteiger charge is 2.42. The summed E-state index contributed by atoms with van der Waals surface area (Å²) in [5, 5.41) is 3.20. The van der Waals surface area contributed by atoms with Crippen LogP contribution in [0, 0.1) is 0 Å². The van der Waals surface area contributed by atoms with Crippen LogP contribution in [0.1, 0.15) is 17.5 Å². The third kappa shape index (κ3) is 4.66. The van der Waals surface area contributed by atoms with Gasteiger partial charge in [-0.05, 0) is 24.1 Å². The Bertz CT molecular complexity index is 1080. The number of para-hydroxylation sites is 1. The number of primary amides is 1. The molecule has 0 bridgehead atoms. The number of rotatable bonds is 7. The molecule has 9 heteroatoms. The summed E-state index contributed by atoms with van der Waals surface area (Å²) in [6, 6.07) is 16.3. The van der Waals surface area contributed by atoms with Crippen LogP contribution in [0.2, 0.25) is 0 Å². The molecule has 0 saturated carbocycles. The molecule has 2 aromatic rings. The summed E-state index contributed by atoms with van der Waals surface area (Å²) in [5.41, 5.74) is 7.75. The lowest BCUT2D eigenvalue weighted by molar-refractivity contribution is -0.128. The number of amides is 3. The molecule has 1 atom stereocenters. The van der Waals surface area contributed by atoms with Crippen LogP contribution in [0.5, 0.6) is 0 Å². The summed E-state index contributed by atoms with van der Waals surface area (Å²) in [4.78, 5) is 47.2. The number of nitrogens with zero attached hydrogens (tertiary/aromatic N) is 3. The van der Waals surface area contributed by atoms with Gasteiger partial charge in [-0.15, -0.1) is 0 Å². The lowest BCUT2D eigenvalue weighted by Gasteiger charge is -2.25. The van der Waals surface area contributed by atoms with Crippen LogP contribution in [0.25, 0.3) is 0 Å². The molecular weight excluding hydrogens is 414 g/mol. The maximum absolute atomic E-state index is 13.1. The SMILES string of the molecule is NC(=O)CSC1=Nc2ccccc2C2=N[C@H](CC(=O)NCCc3ccccc3)C(=O)N12. The van der Waals surface area contributed by atoms with Gasteiger partial charge in [0.1, 0.15) is 11.9 Å². The number of fused-ring (bicyclic) bond motifs is 3. The molecular formula is C22H21N5O3S. The predicted octanol–water partition coefficient (Wildman–Crippen LogP) is 1.61. The largest absolute Gasteiger partial charge is 0.369 e. The monoisotopic (exact) mass is 435 g/mol. The van der Waals surface area contributed by atoms with Gasteiger partial charge in [0.05, 0.1) is 17.9 Å². The summed E-state index contributed by atoms with van der Waals surface area (Å²) < 4.78 is 0. The molecule has 8 nitrogen and oxygen atoms in total. The zero-order valence-corrected chi connectivity index (χ0v) is 17.5. The zero-order chi connectivity index (χ0) is 21.8. The topological polar surface area (TPSA) is 117 Å². The van der Waals surface area contributed by atoms with E-state index < -0.39 is 11.9 Å². The van der Waals surface area contributed by atoms with Crippen molar-refractivity contribution in [3.63, 3.8) is 0 Å². The molecule has 3 N–H and O–H groups in total. The quantitative estimate of drug-likeness (QED) is 0.687. The van der Waals surface area contributed by atoms with Crippen LogP contribution in [0.3, 0.4) is 0 Å². The van der Waals surface area contributed by atoms with Crippen LogP contribution >= 0.6 is 11.8 Å². The summed E-state index contributed by atoms with van der Waals surface area (Å²) in [5.74, 6) is -0.646. The number of nitrogens with two attached hydrogens (primary N) is 1. The van der Waals surface area contributed by atoms with Crippen LogP contribution < -0.4 is 11.1 Å². The minimum atomic E-state index is -0.836. The number of carbonyl (C=O) groups is 3. The molecule has 2 aliphatic rings. The minimum Gasteiger partial charge on any atom is -0.369 e. The first-order chi connectivity index (χ1) is 15.0. The van der Waals surface area contributed by atoms with Crippen molar-refractivity contribution in [3.05, 3.63) is 65.7 Å². The van der Waals surface area contributed by atoms with Gasteiger partial charge >= 0.3 is 0 Å². The Balaban J connectivity index is 1.46. The molecule has 0 fully saturated rings. The van der Waals surface area contributed by atoms with Gasteiger partial charge in [-0.2, -0.15) is 0 Å². The molecule has 2 heterocycles. The third-order valence-electron chi connectivity index (χ3n) is 4.85. The van der Waals surface area contributed by atoms with E-state index in [0.29, 0.717) is 35.2 Å². The predicted molar refractivity (Wildman–Crippen MR) is 120 cm³/mol. The van der Waals surface area contributed by atoms with Gasteiger partial charge in [0.2, 0.25) is 11.8 Å². The number of carbonyl (C=O) groups excluding carboxylic acids is 3. The summed E-state index contributed by atoms with van der Waals surface area (Å²) >= 11 is 1.08. The first-order valence-corrected chi connectivity index (χ1v) is 10.8. The number of nitrogens with one attached hydrogen (secondary N) is 1. The van der Waals surface area contributed by atoms with Crippen molar-refractivity contribution in [2.75, 3.05) is 12.3 Å². The van der Waals surface area contributed by atoms with Crippen LogP contribution in [0.4, 0.5) is 5.69 Å². The number of benzene rings is 2. The highest BCUT2D eigenvalue weighted by Crippen LogP contribution is 2.33. The maximum atomic E-state index is 13.1. The summed E-state index contributed by atoms with van der Waals surface area (Å²) in [6.07, 6.45) is 0.656. The van der Waals surface area contributed by atoms with E-state index in [2.05, 4.69) is 15.3 Å². The average Bonchev–Trinajstić information content (AvgIpc) is 3.09. The summed E-state index contributed by atoms with van der Waals surface area (Å²) in [6.45, 7) is 0.480. The second-order valence-electron chi connectivity index (χ2n) is 7.10. The third-order valence-corrected chi connectivity index (χ3v) is 5.81. The number of hydrogen-bond acceptors (Lipinski definition) is 6. The van der Waals surface area contributed by atoms with Crippen molar-refractivity contribution < 1.29 is 14.4 Å². The average molecular weight is 436 g/mol. The van der Waals surface area contributed by atoms with Crippen LogP contribution in [-0.2, 0) is 20.8 Å². The Kier molecular flexibility index (Phi) is 6.13. The molecule has 4 rings (SSSR count). The van der Waals surface area contributed by atoms with E-state index in [1.807, 2.05) is 54.6 Å². The number of hydrogen-bond donors (Lipinski definition) is 2. The molecule has 31 heavy (non-hydrogen) atoms. The fraction of sp³-hybridized carbons (Fsp3) is 0.227. The van der Waals surface area contributed by atoms with Gasteiger partial charge in [-0.1, -0.05) is 54.2 Å². The van der Waals surface area contributed by atoms with Gasteiger partial charge in [-0.25, -0.2) is 9.89 Å². The second kappa shape index (κ2) is 9.13. The van der Waals surface area contributed by atoms with Crippen LogP contribution in [0.15, 0.2) is 64.6 Å². The lowest BCUT2D eigenvalue weighted by Crippen LogP contribution is -2.42. The fourth-order valence-electron chi connectivity index (χ4n) is 3.41. The molecule has 2 aliphatic heterocycles. The molecule has 0 radical (unpaired) electrons. The Morgan fingerprint density at radius 1 is 1.10 bits per heavy atom. The molecule has 0 aromatic heterocycles. The fourth-order valence-corrected chi connectivity index (χ4v) is 4.15. The van der Waals surface area contributed by atoms with Crippen molar-refractivity contribution in [1.82, 2.24) is 10.2 Å².